The van der Waals surface area contributed by atoms with E-state index in [4.69, 9.17) is 4.42 Å². The molecule has 0 radical (unpaired) electrons. The highest BCUT2D eigenvalue weighted by molar-refractivity contribution is 5.97. The lowest BCUT2D eigenvalue weighted by Crippen LogP contribution is -2.50. The zero-order valence-electron chi connectivity index (χ0n) is 12.3. The Morgan fingerprint density at radius 2 is 1.86 bits per heavy atom. The molecule has 7 heteroatoms. The average Bonchev–Trinajstić information content (AvgIpc) is 2.92. The Balaban J connectivity index is 1.73. The van der Waals surface area contributed by atoms with E-state index in [-0.39, 0.29) is 11.8 Å². The lowest BCUT2D eigenvalue weighted by Gasteiger charge is -2.34. The molecule has 0 saturated carbocycles. The molecular formula is C15H17N3O4. The largest absolute Gasteiger partial charge is 0.417 e. The number of amides is 2. The maximum atomic E-state index is 12.5. The van der Waals surface area contributed by atoms with Gasteiger partial charge in [0.05, 0.1) is 5.52 Å². The number of hydrogen-bond acceptors (Lipinski definition) is 4. The standard InChI is InChI=1S/C15H17N3O4/c1-2-13(19)17-5-7-18(8-6-17)14(20)10-3-4-11-12(9-10)22-15(21)16-11/h3-4,9H,2,5-8H2,1H3,(H,16,21). The average molecular weight is 303 g/mol. The number of hydrogen-bond donors (Lipinski definition) is 1. The Hall–Kier alpha value is -2.57. The number of carbonyl (C=O) groups is 2. The van der Waals surface area contributed by atoms with E-state index in [9.17, 15) is 14.4 Å². The van der Waals surface area contributed by atoms with Crippen LogP contribution in [0.5, 0.6) is 0 Å². The van der Waals surface area contributed by atoms with Crippen molar-refractivity contribution in [1.82, 2.24) is 14.8 Å². The van der Waals surface area contributed by atoms with Crippen molar-refractivity contribution in [3.8, 4) is 0 Å². The molecule has 2 aromatic rings. The number of nitrogens with zero attached hydrogens (tertiary/aromatic N) is 2. The van der Waals surface area contributed by atoms with Gasteiger partial charge in [-0.2, -0.15) is 0 Å². The van der Waals surface area contributed by atoms with Gasteiger partial charge in [-0.15, -0.1) is 0 Å². The van der Waals surface area contributed by atoms with Crippen LogP contribution >= 0.6 is 0 Å². The summed E-state index contributed by atoms with van der Waals surface area (Å²) in [5.74, 6) is -0.539. The molecule has 0 aliphatic carbocycles. The van der Waals surface area contributed by atoms with E-state index in [1.807, 2.05) is 6.92 Å². The fourth-order valence-corrected chi connectivity index (χ4v) is 2.64. The number of H-pyrrole nitrogens is 1. The first kappa shape index (κ1) is 14.4. The van der Waals surface area contributed by atoms with Crippen molar-refractivity contribution in [2.45, 2.75) is 13.3 Å². The van der Waals surface area contributed by atoms with Gasteiger partial charge in [-0.25, -0.2) is 4.79 Å². The number of oxazole rings is 1. The van der Waals surface area contributed by atoms with E-state index < -0.39 is 5.76 Å². The minimum absolute atomic E-state index is 0.114. The van der Waals surface area contributed by atoms with Crippen LogP contribution in [0.4, 0.5) is 0 Å². The smallest absolute Gasteiger partial charge is 0.408 e. The zero-order chi connectivity index (χ0) is 15.7. The van der Waals surface area contributed by atoms with Crippen LogP contribution in [-0.2, 0) is 4.79 Å². The first-order chi connectivity index (χ1) is 10.6. The van der Waals surface area contributed by atoms with E-state index in [2.05, 4.69) is 4.98 Å². The summed E-state index contributed by atoms with van der Waals surface area (Å²) in [6.45, 7) is 3.97. The van der Waals surface area contributed by atoms with Crippen LogP contribution in [0, 0.1) is 0 Å². The molecule has 0 spiro atoms. The van der Waals surface area contributed by atoms with Gasteiger partial charge in [0.15, 0.2) is 5.58 Å². The van der Waals surface area contributed by atoms with Crippen LogP contribution in [0.25, 0.3) is 11.1 Å². The number of benzene rings is 1. The summed E-state index contributed by atoms with van der Waals surface area (Å²) >= 11 is 0. The highest BCUT2D eigenvalue weighted by Gasteiger charge is 2.24. The second kappa shape index (κ2) is 5.67. The highest BCUT2D eigenvalue weighted by atomic mass is 16.4. The van der Waals surface area contributed by atoms with E-state index in [0.717, 1.165) is 0 Å². The molecule has 1 N–H and O–H groups in total. The number of aromatic amines is 1. The van der Waals surface area contributed by atoms with Crippen molar-refractivity contribution in [3.05, 3.63) is 34.3 Å². The Morgan fingerprint density at radius 3 is 2.55 bits per heavy atom. The molecule has 22 heavy (non-hydrogen) atoms. The van der Waals surface area contributed by atoms with Gasteiger partial charge in [-0.1, -0.05) is 6.92 Å². The summed E-state index contributed by atoms with van der Waals surface area (Å²) < 4.78 is 4.97. The third-order valence-electron chi connectivity index (χ3n) is 3.89. The van der Waals surface area contributed by atoms with Gasteiger partial charge in [0.1, 0.15) is 0 Å². The molecule has 1 aromatic carbocycles. The Bertz CT molecular complexity index is 768. The summed E-state index contributed by atoms with van der Waals surface area (Å²) in [6, 6.07) is 4.89. The minimum atomic E-state index is -0.536. The normalized spacial score (nSPS) is 15.3. The second-order valence-corrected chi connectivity index (χ2v) is 5.25. The SMILES string of the molecule is CCC(=O)N1CCN(C(=O)c2ccc3[nH]c(=O)oc3c2)CC1. The van der Waals surface area contributed by atoms with Gasteiger partial charge < -0.3 is 14.2 Å². The molecular weight excluding hydrogens is 286 g/mol. The van der Waals surface area contributed by atoms with Crippen LogP contribution < -0.4 is 5.76 Å². The monoisotopic (exact) mass is 303 g/mol. The van der Waals surface area contributed by atoms with Crippen LogP contribution in [0.2, 0.25) is 0 Å². The Kier molecular flexibility index (Phi) is 3.70. The fourth-order valence-electron chi connectivity index (χ4n) is 2.64. The molecule has 1 saturated heterocycles. The zero-order valence-corrected chi connectivity index (χ0v) is 12.3. The molecule has 2 amide bonds. The second-order valence-electron chi connectivity index (χ2n) is 5.25. The number of nitrogens with one attached hydrogen (secondary N) is 1. The van der Waals surface area contributed by atoms with Crippen LogP contribution in [0.3, 0.4) is 0 Å². The van der Waals surface area contributed by atoms with Crippen molar-refractivity contribution in [1.29, 1.82) is 0 Å². The first-order valence-corrected chi connectivity index (χ1v) is 7.28. The molecule has 0 bridgehead atoms. The van der Waals surface area contributed by atoms with Gasteiger partial charge in [0, 0.05) is 38.2 Å². The van der Waals surface area contributed by atoms with Gasteiger partial charge in [0.2, 0.25) is 5.91 Å². The Labute approximate surface area is 126 Å². The molecule has 1 fully saturated rings. The third-order valence-corrected chi connectivity index (χ3v) is 3.89. The Morgan fingerprint density at radius 1 is 1.18 bits per heavy atom. The number of carbonyl (C=O) groups excluding carboxylic acids is 2. The quantitative estimate of drug-likeness (QED) is 0.889. The maximum absolute atomic E-state index is 12.5. The van der Waals surface area contributed by atoms with Crippen LogP contribution in [0.15, 0.2) is 27.4 Å². The minimum Gasteiger partial charge on any atom is -0.408 e. The number of rotatable bonds is 2. The molecule has 3 rings (SSSR count). The molecule has 2 heterocycles. The van der Waals surface area contributed by atoms with Gasteiger partial charge >= 0.3 is 5.76 Å². The molecule has 0 unspecified atom stereocenters. The predicted octanol–water partition coefficient (Wildman–Crippen LogP) is 0.816. The lowest BCUT2D eigenvalue weighted by atomic mass is 10.1. The predicted molar refractivity (Wildman–Crippen MR) is 79.6 cm³/mol. The summed E-state index contributed by atoms with van der Waals surface area (Å²) in [7, 11) is 0. The van der Waals surface area contributed by atoms with E-state index >= 15 is 0 Å². The number of piperazine rings is 1. The molecule has 7 nitrogen and oxygen atoms in total. The van der Waals surface area contributed by atoms with E-state index in [1.165, 1.54) is 0 Å². The summed E-state index contributed by atoms with van der Waals surface area (Å²) in [6.07, 6.45) is 0.483. The number of fused-ring (bicyclic) bond motifs is 1. The van der Waals surface area contributed by atoms with Crippen LogP contribution in [-0.4, -0.2) is 52.8 Å². The van der Waals surface area contributed by atoms with Crippen molar-refractivity contribution in [2.75, 3.05) is 26.2 Å². The van der Waals surface area contributed by atoms with Gasteiger partial charge in [-0.3, -0.25) is 14.6 Å². The van der Waals surface area contributed by atoms with Crippen molar-refractivity contribution >= 4 is 22.9 Å². The van der Waals surface area contributed by atoms with Crippen LogP contribution in [0.1, 0.15) is 23.7 Å². The fraction of sp³-hybridized carbons (Fsp3) is 0.400. The topological polar surface area (TPSA) is 86.6 Å². The lowest BCUT2D eigenvalue weighted by molar-refractivity contribution is -0.132. The molecule has 1 aromatic heterocycles. The van der Waals surface area contributed by atoms with Gasteiger partial charge in [-0.05, 0) is 18.2 Å². The van der Waals surface area contributed by atoms with E-state index in [0.29, 0.717) is 49.3 Å². The highest BCUT2D eigenvalue weighted by Crippen LogP contribution is 2.15. The number of aromatic nitrogens is 1. The molecule has 1 aliphatic heterocycles. The van der Waals surface area contributed by atoms with Crippen molar-refractivity contribution < 1.29 is 14.0 Å². The van der Waals surface area contributed by atoms with Crippen molar-refractivity contribution in [3.63, 3.8) is 0 Å². The first-order valence-electron chi connectivity index (χ1n) is 7.28. The maximum Gasteiger partial charge on any atom is 0.417 e. The molecule has 0 atom stereocenters. The van der Waals surface area contributed by atoms with E-state index in [1.54, 1.807) is 28.0 Å². The molecule has 1 aliphatic rings. The summed E-state index contributed by atoms with van der Waals surface area (Å²) in [5, 5.41) is 0. The third kappa shape index (κ3) is 2.61. The summed E-state index contributed by atoms with van der Waals surface area (Å²) in [4.78, 5) is 41.3. The van der Waals surface area contributed by atoms with Crippen molar-refractivity contribution in [2.24, 2.45) is 0 Å². The molecule has 116 valence electrons. The van der Waals surface area contributed by atoms with Gasteiger partial charge in [0.25, 0.3) is 5.91 Å². The summed E-state index contributed by atoms with van der Waals surface area (Å²) in [5.41, 5.74) is 1.42.